The molecule has 2 rings (SSSR count). The Morgan fingerprint density at radius 2 is 2.53 bits per heavy atom. The number of nitrogens with zero attached hydrogens (tertiary/aromatic N) is 2. The third-order valence-corrected chi connectivity index (χ3v) is 4.02. The van der Waals surface area contributed by atoms with Crippen LogP contribution < -0.4 is 5.32 Å². The Morgan fingerprint density at radius 1 is 1.63 bits per heavy atom. The van der Waals surface area contributed by atoms with Gasteiger partial charge in [-0.3, -0.25) is 0 Å². The summed E-state index contributed by atoms with van der Waals surface area (Å²) in [6.45, 7) is 2.95. The zero-order chi connectivity index (χ0) is 13.5. The summed E-state index contributed by atoms with van der Waals surface area (Å²) in [5, 5.41) is 13.1. The van der Waals surface area contributed by atoms with E-state index in [1.165, 1.54) is 11.5 Å². The molecule has 0 unspecified atom stereocenters. The number of hydrogen-bond donors (Lipinski definition) is 1. The van der Waals surface area contributed by atoms with Gasteiger partial charge in [0.25, 0.3) is 0 Å². The van der Waals surface area contributed by atoms with Gasteiger partial charge in [-0.2, -0.15) is 9.64 Å². The van der Waals surface area contributed by atoms with Crippen molar-refractivity contribution in [3.8, 4) is 6.07 Å². The Bertz CT molecular complexity index is 441. The number of anilines is 1. The largest absolute Gasteiger partial charge is 0.379 e. The van der Waals surface area contributed by atoms with E-state index in [0.29, 0.717) is 18.8 Å². The van der Waals surface area contributed by atoms with Crippen molar-refractivity contribution in [2.45, 2.75) is 25.4 Å². The third kappa shape index (κ3) is 4.32. The van der Waals surface area contributed by atoms with Gasteiger partial charge >= 0.3 is 0 Å². The Labute approximate surface area is 121 Å². The van der Waals surface area contributed by atoms with E-state index in [0.717, 1.165) is 37.4 Å². The average molecular weight is 302 g/mol. The Balaban J connectivity index is 1.57. The molecule has 7 heteroatoms. The Hall–Kier alpha value is -0.870. The second-order valence-corrected chi connectivity index (χ2v) is 5.41. The average Bonchev–Trinajstić information content (AvgIpc) is 3.03. The van der Waals surface area contributed by atoms with Gasteiger partial charge in [-0.15, -0.1) is 0 Å². The lowest BCUT2D eigenvalue weighted by Gasteiger charge is -2.10. The second kappa shape index (κ2) is 7.65. The SMILES string of the molecule is N#Cc1c(Cl)nsc1NCCCOC[C@@H]1CCCO1. The molecule has 1 aromatic rings. The predicted octanol–water partition coefficient (Wildman–Crippen LogP) is 2.67. The van der Waals surface area contributed by atoms with Gasteiger partial charge in [-0.1, -0.05) is 11.6 Å². The highest BCUT2D eigenvalue weighted by Gasteiger charge is 2.15. The van der Waals surface area contributed by atoms with Crippen LogP contribution in [0.1, 0.15) is 24.8 Å². The predicted molar refractivity (Wildman–Crippen MR) is 74.7 cm³/mol. The fourth-order valence-electron chi connectivity index (χ4n) is 1.85. The quantitative estimate of drug-likeness (QED) is 0.784. The maximum atomic E-state index is 8.90. The van der Waals surface area contributed by atoms with Crippen LogP contribution in [-0.4, -0.2) is 36.8 Å². The number of nitriles is 1. The number of ether oxygens (including phenoxy) is 2. The van der Waals surface area contributed by atoms with Crippen LogP contribution in [0.25, 0.3) is 0 Å². The summed E-state index contributed by atoms with van der Waals surface area (Å²) in [6, 6.07) is 2.04. The molecule has 0 bridgehead atoms. The van der Waals surface area contributed by atoms with Crippen LogP contribution in [0.3, 0.4) is 0 Å². The van der Waals surface area contributed by atoms with E-state index in [1.54, 1.807) is 0 Å². The molecule has 0 aromatic carbocycles. The minimum absolute atomic E-state index is 0.268. The fraction of sp³-hybridized carbons (Fsp3) is 0.667. The highest BCUT2D eigenvalue weighted by atomic mass is 35.5. The first-order chi connectivity index (χ1) is 9.31. The maximum Gasteiger partial charge on any atom is 0.162 e. The van der Waals surface area contributed by atoms with E-state index >= 15 is 0 Å². The minimum atomic E-state index is 0.268. The molecular weight excluding hydrogens is 286 g/mol. The topological polar surface area (TPSA) is 67.2 Å². The lowest BCUT2D eigenvalue weighted by Crippen LogP contribution is -2.15. The summed E-state index contributed by atoms with van der Waals surface area (Å²) in [4.78, 5) is 0. The molecule has 1 atom stereocenters. The first kappa shape index (κ1) is 14.5. The van der Waals surface area contributed by atoms with Crippen molar-refractivity contribution in [2.75, 3.05) is 31.7 Å². The molecule has 0 amide bonds. The number of hydrogen-bond acceptors (Lipinski definition) is 6. The standard InChI is InChI=1S/C12H16ClN3O2S/c13-11-10(7-14)12(19-16-11)15-4-2-5-17-8-9-3-1-6-18-9/h9,15H,1-6,8H2/t9-/m0/s1. The Morgan fingerprint density at radius 3 is 3.26 bits per heavy atom. The molecule has 19 heavy (non-hydrogen) atoms. The molecule has 104 valence electrons. The van der Waals surface area contributed by atoms with Gasteiger partial charge in [0.05, 0.1) is 12.7 Å². The van der Waals surface area contributed by atoms with Crippen LogP contribution in [0.5, 0.6) is 0 Å². The number of halogens is 1. The van der Waals surface area contributed by atoms with Crippen LogP contribution in [0.15, 0.2) is 0 Å². The van der Waals surface area contributed by atoms with Crippen molar-refractivity contribution in [3.05, 3.63) is 10.7 Å². The van der Waals surface area contributed by atoms with Gasteiger partial charge in [-0.05, 0) is 30.8 Å². The van der Waals surface area contributed by atoms with E-state index in [9.17, 15) is 0 Å². The summed E-state index contributed by atoms with van der Waals surface area (Å²) < 4.78 is 14.9. The van der Waals surface area contributed by atoms with Gasteiger partial charge in [0.1, 0.15) is 16.6 Å². The summed E-state index contributed by atoms with van der Waals surface area (Å²) >= 11 is 6.99. The molecule has 0 saturated carbocycles. The van der Waals surface area contributed by atoms with Crippen molar-refractivity contribution in [1.29, 1.82) is 5.26 Å². The van der Waals surface area contributed by atoms with Gasteiger partial charge in [0.2, 0.25) is 0 Å². The van der Waals surface area contributed by atoms with Crippen LogP contribution in [0.4, 0.5) is 5.00 Å². The summed E-state index contributed by atoms with van der Waals surface area (Å²) in [7, 11) is 0. The molecule has 1 aliphatic rings. The molecule has 0 radical (unpaired) electrons. The molecule has 1 aromatic heterocycles. The lowest BCUT2D eigenvalue weighted by atomic mass is 10.2. The van der Waals surface area contributed by atoms with Crippen LogP contribution in [0, 0.1) is 11.3 Å². The van der Waals surface area contributed by atoms with Crippen LogP contribution in [0.2, 0.25) is 5.15 Å². The fourth-order valence-corrected chi connectivity index (χ4v) is 2.81. The number of nitrogens with one attached hydrogen (secondary N) is 1. The Kier molecular flexibility index (Phi) is 5.86. The minimum Gasteiger partial charge on any atom is -0.379 e. The van der Waals surface area contributed by atoms with Crippen LogP contribution >= 0.6 is 23.1 Å². The van der Waals surface area contributed by atoms with Crippen molar-refractivity contribution < 1.29 is 9.47 Å². The first-order valence-corrected chi connectivity index (χ1v) is 7.45. The van der Waals surface area contributed by atoms with Gasteiger partial charge in [0, 0.05) is 19.8 Å². The molecule has 1 fully saturated rings. The van der Waals surface area contributed by atoms with Crippen molar-refractivity contribution >= 4 is 28.1 Å². The van der Waals surface area contributed by atoms with Gasteiger partial charge < -0.3 is 14.8 Å². The normalized spacial score (nSPS) is 18.4. The molecule has 1 saturated heterocycles. The first-order valence-electron chi connectivity index (χ1n) is 6.29. The monoisotopic (exact) mass is 301 g/mol. The zero-order valence-electron chi connectivity index (χ0n) is 10.5. The third-order valence-electron chi connectivity index (χ3n) is 2.84. The van der Waals surface area contributed by atoms with E-state index < -0.39 is 0 Å². The van der Waals surface area contributed by atoms with Gasteiger partial charge in [0.15, 0.2) is 5.15 Å². The van der Waals surface area contributed by atoms with Crippen molar-refractivity contribution in [2.24, 2.45) is 0 Å². The number of rotatable bonds is 7. The van der Waals surface area contributed by atoms with Gasteiger partial charge in [-0.25, -0.2) is 0 Å². The van der Waals surface area contributed by atoms with E-state index in [4.69, 9.17) is 26.3 Å². The highest BCUT2D eigenvalue weighted by Crippen LogP contribution is 2.27. The highest BCUT2D eigenvalue weighted by molar-refractivity contribution is 7.10. The van der Waals surface area contributed by atoms with Crippen molar-refractivity contribution in [1.82, 2.24) is 4.37 Å². The molecular formula is C12H16ClN3O2S. The maximum absolute atomic E-state index is 8.90. The smallest absolute Gasteiger partial charge is 0.162 e. The van der Waals surface area contributed by atoms with E-state index in [1.807, 2.05) is 6.07 Å². The zero-order valence-corrected chi connectivity index (χ0v) is 12.1. The number of aromatic nitrogens is 1. The summed E-state index contributed by atoms with van der Waals surface area (Å²) in [5.74, 6) is 0. The molecule has 0 spiro atoms. The van der Waals surface area contributed by atoms with Crippen LogP contribution in [-0.2, 0) is 9.47 Å². The summed E-state index contributed by atoms with van der Waals surface area (Å²) in [6.07, 6.45) is 3.38. The second-order valence-electron chi connectivity index (χ2n) is 4.28. The molecule has 1 N–H and O–H groups in total. The molecule has 5 nitrogen and oxygen atoms in total. The summed E-state index contributed by atoms with van der Waals surface area (Å²) in [5.41, 5.74) is 0.423. The molecule has 2 heterocycles. The molecule has 1 aliphatic heterocycles. The molecule has 0 aliphatic carbocycles. The van der Waals surface area contributed by atoms with E-state index in [2.05, 4.69) is 9.69 Å². The lowest BCUT2D eigenvalue weighted by molar-refractivity contribution is 0.0172. The van der Waals surface area contributed by atoms with E-state index in [-0.39, 0.29) is 11.3 Å². The van der Waals surface area contributed by atoms with Crippen molar-refractivity contribution in [3.63, 3.8) is 0 Å².